The maximum absolute atomic E-state index is 12.2. The van der Waals surface area contributed by atoms with Gasteiger partial charge >= 0.3 is 0 Å². The Morgan fingerprint density at radius 1 is 1.07 bits per heavy atom. The number of amides is 1. The Bertz CT molecular complexity index is 1080. The quantitative estimate of drug-likeness (QED) is 0.495. The van der Waals surface area contributed by atoms with Crippen LogP contribution < -0.4 is 5.32 Å². The van der Waals surface area contributed by atoms with E-state index in [1.165, 1.54) is 22.9 Å². The average Bonchev–Trinajstić information content (AvgIpc) is 3.30. The van der Waals surface area contributed by atoms with Gasteiger partial charge in [0.05, 0.1) is 11.5 Å². The Labute approximate surface area is 173 Å². The van der Waals surface area contributed by atoms with Crippen molar-refractivity contribution in [2.75, 3.05) is 0 Å². The number of aryl methyl sites for hydroxylation is 2. The fourth-order valence-electron chi connectivity index (χ4n) is 3.07. The predicted octanol–water partition coefficient (Wildman–Crippen LogP) is 4.73. The molecule has 29 heavy (non-hydrogen) atoms. The number of thioether (sulfide) groups is 1. The summed E-state index contributed by atoms with van der Waals surface area (Å²) in [6, 6.07) is 20.1. The largest absolute Gasteiger partial charge is 0.455 e. The predicted molar refractivity (Wildman–Crippen MR) is 118 cm³/mol. The molecule has 1 fully saturated rings. The van der Waals surface area contributed by atoms with Crippen LogP contribution in [0, 0.1) is 13.8 Å². The fraction of sp³-hybridized carbons (Fsp3) is 0.174. The Morgan fingerprint density at radius 3 is 2.69 bits per heavy atom. The molecule has 1 aliphatic rings. The molecule has 5 nitrogen and oxygen atoms in total. The summed E-state index contributed by atoms with van der Waals surface area (Å²) in [4.78, 5) is 12.2. The molecule has 6 heteroatoms. The van der Waals surface area contributed by atoms with Crippen molar-refractivity contribution in [1.29, 1.82) is 0 Å². The summed E-state index contributed by atoms with van der Waals surface area (Å²) in [6.07, 6.45) is 2.21. The Hall–Kier alpha value is -3.12. The fourth-order valence-corrected chi connectivity index (χ4v) is 4.04. The minimum atomic E-state index is -0.192. The van der Waals surface area contributed by atoms with Gasteiger partial charge < -0.3 is 9.73 Å². The molecule has 1 aliphatic heterocycles. The first-order valence-electron chi connectivity index (χ1n) is 9.38. The van der Waals surface area contributed by atoms with E-state index in [1.54, 1.807) is 6.21 Å². The monoisotopic (exact) mass is 403 g/mol. The SMILES string of the molecule is Cc1ccc(-c2ccc(/C=N\N=C3\NC(=O)[C@@H](Cc4cccc(C)c4)S3)o2)cc1. The van der Waals surface area contributed by atoms with Gasteiger partial charge in [0.2, 0.25) is 5.91 Å². The number of hydrogen-bond donors (Lipinski definition) is 1. The molecule has 2 aromatic carbocycles. The van der Waals surface area contributed by atoms with Gasteiger partial charge in [-0.3, -0.25) is 4.79 Å². The first-order valence-corrected chi connectivity index (χ1v) is 10.3. The molecule has 1 N–H and O–H groups in total. The van der Waals surface area contributed by atoms with Crippen LogP contribution in [0.4, 0.5) is 0 Å². The first-order chi connectivity index (χ1) is 14.1. The van der Waals surface area contributed by atoms with Crippen LogP contribution in [0.15, 0.2) is 75.3 Å². The van der Waals surface area contributed by atoms with Crippen LogP contribution in [0.2, 0.25) is 0 Å². The minimum absolute atomic E-state index is 0.0369. The van der Waals surface area contributed by atoms with Crippen molar-refractivity contribution in [3.63, 3.8) is 0 Å². The van der Waals surface area contributed by atoms with Crippen molar-refractivity contribution in [3.05, 3.63) is 83.1 Å². The highest BCUT2D eigenvalue weighted by Crippen LogP contribution is 2.24. The maximum Gasteiger partial charge on any atom is 0.239 e. The molecular weight excluding hydrogens is 382 g/mol. The number of furan rings is 1. The second-order valence-corrected chi connectivity index (χ2v) is 8.20. The van der Waals surface area contributed by atoms with Crippen molar-refractivity contribution >= 4 is 29.1 Å². The van der Waals surface area contributed by atoms with E-state index in [1.807, 2.05) is 61.5 Å². The summed E-state index contributed by atoms with van der Waals surface area (Å²) >= 11 is 1.40. The van der Waals surface area contributed by atoms with E-state index in [0.717, 1.165) is 16.9 Å². The normalized spacial score (nSPS) is 17.9. The highest BCUT2D eigenvalue weighted by atomic mass is 32.2. The number of carbonyl (C=O) groups is 1. The molecule has 1 aromatic heterocycles. The molecule has 1 saturated heterocycles. The van der Waals surface area contributed by atoms with Gasteiger partial charge in [-0.15, -0.1) is 5.10 Å². The number of nitrogens with zero attached hydrogens (tertiary/aromatic N) is 2. The topological polar surface area (TPSA) is 67.0 Å². The number of rotatable bonds is 5. The average molecular weight is 404 g/mol. The van der Waals surface area contributed by atoms with Gasteiger partial charge in [-0.1, -0.05) is 71.4 Å². The van der Waals surface area contributed by atoms with Gasteiger partial charge in [0.25, 0.3) is 0 Å². The van der Waals surface area contributed by atoms with Crippen molar-refractivity contribution < 1.29 is 9.21 Å². The summed E-state index contributed by atoms with van der Waals surface area (Å²) in [5.74, 6) is 1.35. The van der Waals surface area contributed by atoms with Crippen LogP contribution in [-0.2, 0) is 11.2 Å². The summed E-state index contributed by atoms with van der Waals surface area (Å²) < 4.78 is 5.79. The molecule has 0 unspecified atom stereocenters. The molecule has 0 bridgehead atoms. The highest BCUT2D eigenvalue weighted by molar-refractivity contribution is 8.15. The molecule has 1 atom stereocenters. The summed E-state index contributed by atoms with van der Waals surface area (Å²) in [5, 5.41) is 11.3. The minimum Gasteiger partial charge on any atom is -0.455 e. The molecule has 0 radical (unpaired) electrons. The number of nitrogens with one attached hydrogen (secondary N) is 1. The van der Waals surface area contributed by atoms with Gasteiger partial charge in [0.1, 0.15) is 11.5 Å². The van der Waals surface area contributed by atoms with E-state index in [2.05, 4.69) is 28.5 Å². The van der Waals surface area contributed by atoms with Crippen LogP contribution in [0.1, 0.15) is 22.5 Å². The molecule has 4 rings (SSSR count). The maximum atomic E-state index is 12.2. The van der Waals surface area contributed by atoms with E-state index in [4.69, 9.17) is 4.42 Å². The van der Waals surface area contributed by atoms with E-state index in [9.17, 15) is 4.79 Å². The van der Waals surface area contributed by atoms with E-state index in [0.29, 0.717) is 17.3 Å². The number of hydrogen-bond acceptors (Lipinski definition) is 5. The lowest BCUT2D eigenvalue weighted by molar-refractivity contribution is -0.118. The standard InChI is InChI=1S/C23H21N3O2S/c1-15-6-8-18(9-7-15)20-11-10-19(28-20)14-24-26-23-25-22(27)21(29-23)13-17-5-3-4-16(2)12-17/h3-12,14,21H,13H2,1-2H3,(H,25,26,27)/b24-14-/t21-/m1/s1. The van der Waals surface area contributed by atoms with Crippen LogP contribution in [0.5, 0.6) is 0 Å². The summed E-state index contributed by atoms with van der Waals surface area (Å²) in [5.41, 5.74) is 4.54. The van der Waals surface area contributed by atoms with E-state index >= 15 is 0 Å². The Balaban J connectivity index is 1.38. The second-order valence-electron chi connectivity index (χ2n) is 7.01. The van der Waals surface area contributed by atoms with Crippen LogP contribution >= 0.6 is 11.8 Å². The van der Waals surface area contributed by atoms with Crippen molar-refractivity contribution in [2.24, 2.45) is 10.2 Å². The van der Waals surface area contributed by atoms with Gasteiger partial charge in [0, 0.05) is 5.56 Å². The second kappa shape index (κ2) is 8.49. The summed E-state index contributed by atoms with van der Waals surface area (Å²) in [6.45, 7) is 4.10. The first kappa shape index (κ1) is 19.2. The lowest BCUT2D eigenvalue weighted by atomic mass is 10.1. The van der Waals surface area contributed by atoms with Gasteiger partial charge in [-0.05, 0) is 38.0 Å². The number of carbonyl (C=O) groups excluding carboxylic acids is 1. The van der Waals surface area contributed by atoms with Crippen LogP contribution in [-0.4, -0.2) is 22.5 Å². The lowest BCUT2D eigenvalue weighted by Crippen LogP contribution is -2.25. The van der Waals surface area contributed by atoms with Crippen molar-refractivity contribution in [3.8, 4) is 11.3 Å². The Kier molecular flexibility index (Phi) is 5.62. The van der Waals surface area contributed by atoms with E-state index < -0.39 is 0 Å². The molecule has 0 spiro atoms. The third-order valence-corrected chi connectivity index (χ3v) is 5.65. The summed E-state index contributed by atoms with van der Waals surface area (Å²) in [7, 11) is 0. The van der Waals surface area contributed by atoms with Crippen molar-refractivity contribution in [1.82, 2.24) is 5.32 Å². The lowest BCUT2D eigenvalue weighted by Gasteiger charge is -2.05. The molecule has 0 saturated carbocycles. The smallest absolute Gasteiger partial charge is 0.239 e. The third-order valence-electron chi connectivity index (χ3n) is 4.58. The van der Waals surface area contributed by atoms with Gasteiger partial charge in [0.15, 0.2) is 5.17 Å². The van der Waals surface area contributed by atoms with Gasteiger partial charge in [-0.25, -0.2) is 0 Å². The molecule has 3 aromatic rings. The Morgan fingerprint density at radius 2 is 1.90 bits per heavy atom. The molecular formula is C23H21N3O2S. The molecule has 0 aliphatic carbocycles. The van der Waals surface area contributed by atoms with E-state index in [-0.39, 0.29) is 11.2 Å². The highest BCUT2D eigenvalue weighted by Gasteiger charge is 2.30. The van der Waals surface area contributed by atoms with Crippen LogP contribution in [0.25, 0.3) is 11.3 Å². The third kappa shape index (κ3) is 4.84. The molecule has 1 amide bonds. The number of benzene rings is 2. The van der Waals surface area contributed by atoms with Crippen molar-refractivity contribution in [2.45, 2.75) is 25.5 Å². The number of amidine groups is 1. The zero-order chi connectivity index (χ0) is 20.2. The molecule has 2 heterocycles. The molecule has 146 valence electrons. The zero-order valence-electron chi connectivity index (χ0n) is 16.3. The van der Waals surface area contributed by atoms with Crippen LogP contribution in [0.3, 0.4) is 0 Å². The zero-order valence-corrected chi connectivity index (χ0v) is 17.1. The van der Waals surface area contributed by atoms with Gasteiger partial charge in [-0.2, -0.15) is 5.10 Å².